The van der Waals surface area contributed by atoms with E-state index in [2.05, 4.69) is 9.98 Å². The van der Waals surface area contributed by atoms with Crippen molar-refractivity contribution in [1.29, 1.82) is 10.5 Å². The minimum atomic E-state index is -2.31. The number of hydrogen-bond acceptors (Lipinski definition) is 4. The fraction of sp³-hybridized carbons (Fsp3) is 0. The minimum Gasteiger partial charge on any atom is -0.203 e. The van der Waals surface area contributed by atoms with Gasteiger partial charge in [-0.15, -0.1) is 0 Å². The largest absolute Gasteiger partial charge is 0.206 e. The normalized spacial score (nSPS) is 17.5. The van der Waals surface area contributed by atoms with Gasteiger partial charge in [0.1, 0.15) is 11.4 Å². The van der Waals surface area contributed by atoms with E-state index in [1.165, 1.54) is 0 Å². The molecule has 10 heteroatoms. The van der Waals surface area contributed by atoms with E-state index in [9.17, 15) is 26.3 Å². The number of rotatable bonds is 0. The van der Waals surface area contributed by atoms with Gasteiger partial charge in [-0.2, -0.15) is 20.5 Å². The van der Waals surface area contributed by atoms with Crippen LogP contribution in [-0.4, -0.2) is 11.4 Å². The third kappa shape index (κ3) is 1.93. The third-order valence-corrected chi connectivity index (χ3v) is 2.67. The smallest absolute Gasteiger partial charge is 0.203 e. The Labute approximate surface area is 117 Å². The van der Waals surface area contributed by atoms with Gasteiger partial charge in [-0.25, -0.2) is 26.3 Å². The summed E-state index contributed by atoms with van der Waals surface area (Å²) >= 11 is 0. The van der Waals surface area contributed by atoms with Crippen LogP contribution in [0.4, 0.5) is 26.3 Å². The number of allylic oxidation sites excluding steroid dienone is 2. The van der Waals surface area contributed by atoms with E-state index in [-0.39, 0.29) is 0 Å². The van der Waals surface area contributed by atoms with Gasteiger partial charge in [0.15, 0.2) is 34.9 Å². The van der Waals surface area contributed by atoms with Crippen molar-refractivity contribution in [2.45, 2.75) is 0 Å². The summed E-state index contributed by atoms with van der Waals surface area (Å²) in [4.78, 5) is 5.48. The zero-order valence-electron chi connectivity index (χ0n) is 10.1. The van der Waals surface area contributed by atoms with E-state index in [0.717, 1.165) is 12.4 Å². The highest BCUT2D eigenvalue weighted by molar-refractivity contribution is 6.29. The lowest BCUT2D eigenvalue weighted by Gasteiger charge is -2.18. The summed E-state index contributed by atoms with van der Waals surface area (Å²) < 4.78 is 81.6. The predicted octanol–water partition coefficient (Wildman–Crippen LogP) is 2.95. The molecule has 0 atom stereocenters. The molecular formula is C12F6N4. The van der Waals surface area contributed by atoms with Crippen molar-refractivity contribution in [3.05, 3.63) is 46.0 Å². The molecule has 0 fully saturated rings. The average Bonchev–Trinajstić information content (AvgIpc) is 2.50. The molecule has 0 unspecified atom stereocenters. The zero-order valence-corrected chi connectivity index (χ0v) is 10.1. The summed E-state index contributed by atoms with van der Waals surface area (Å²) in [5, 5.41) is 16.8. The summed E-state index contributed by atoms with van der Waals surface area (Å²) in [6.45, 7) is 0. The highest BCUT2D eigenvalue weighted by Crippen LogP contribution is 2.35. The first-order valence-corrected chi connectivity index (χ1v) is 5.23. The molecule has 1 aliphatic carbocycles. The highest BCUT2D eigenvalue weighted by Gasteiger charge is 2.39. The fourth-order valence-corrected chi connectivity index (χ4v) is 1.81. The van der Waals surface area contributed by atoms with Gasteiger partial charge in [-0.05, 0) is 0 Å². The molecule has 0 spiro atoms. The molecule has 0 radical (unpaired) electrons. The van der Waals surface area contributed by atoms with Gasteiger partial charge in [0, 0.05) is 0 Å². The molecular weight excluding hydrogens is 314 g/mol. The molecule has 0 N–H and O–H groups in total. The van der Waals surface area contributed by atoms with Crippen LogP contribution in [0.2, 0.25) is 0 Å². The van der Waals surface area contributed by atoms with Crippen molar-refractivity contribution in [2.75, 3.05) is 0 Å². The Morgan fingerprint density at radius 2 is 0.909 bits per heavy atom. The maximum Gasteiger partial charge on any atom is 0.206 e. The van der Waals surface area contributed by atoms with E-state index >= 15 is 0 Å². The highest BCUT2D eigenvalue weighted by atomic mass is 19.2. The van der Waals surface area contributed by atoms with Gasteiger partial charge in [0.05, 0.1) is 11.1 Å². The van der Waals surface area contributed by atoms with Gasteiger partial charge in [0.25, 0.3) is 0 Å². The molecule has 0 amide bonds. The van der Waals surface area contributed by atoms with Crippen molar-refractivity contribution in [3.63, 3.8) is 0 Å². The molecule has 1 aliphatic rings. The van der Waals surface area contributed by atoms with Crippen LogP contribution in [0.1, 0.15) is 11.1 Å². The number of aliphatic imine (C=N–C) groups is 2. The molecule has 0 aromatic heterocycles. The molecule has 0 saturated carbocycles. The quantitative estimate of drug-likeness (QED) is 0.320. The first-order valence-electron chi connectivity index (χ1n) is 5.23. The monoisotopic (exact) mass is 314 g/mol. The minimum absolute atomic E-state index is 0.994. The molecule has 110 valence electrons. The first kappa shape index (κ1) is 15.3. The number of fused-ring (bicyclic) bond motifs is 1. The zero-order chi connectivity index (χ0) is 16.6. The summed E-state index contributed by atoms with van der Waals surface area (Å²) in [5.74, 6) is -12.8. The van der Waals surface area contributed by atoms with Crippen molar-refractivity contribution in [3.8, 4) is 12.4 Å². The Hall–Kier alpha value is -3.14. The van der Waals surface area contributed by atoms with Gasteiger partial charge in [-0.3, -0.25) is 0 Å². The van der Waals surface area contributed by atoms with E-state index in [1.807, 2.05) is 0 Å². The fourth-order valence-electron chi connectivity index (χ4n) is 1.81. The Bertz CT molecular complexity index is 798. The third-order valence-electron chi connectivity index (χ3n) is 2.67. The lowest BCUT2D eigenvalue weighted by Crippen LogP contribution is -2.25. The molecule has 2 rings (SSSR count). The molecule has 1 aromatic carbocycles. The summed E-state index contributed by atoms with van der Waals surface area (Å²) in [7, 11) is 0. The molecule has 0 saturated heterocycles. The first-order chi connectivity index (χ1) is 10.4. The molecule has 4 nitrogen and oxygen atoms in total. The number of halogens is 6. The van der Waals surface area contributed by atoms with Crippen LogP contribution in [0.25, 0.3) is 0 Å². The number of nitrogens with zero attached hydrogens (tertiary/aromatic N) is 4. The van der Waals surface area contributed by atoms with Gasteiger partial charge in [-0.1, -0.05) is 0 Å². The topological polar surface area (TPSA) is 72.3 Å². The van der Waals surface area contributed by atoms with E-state index in [1.54, 1.807) is 0 Å². The Balaban J connectivity index is 3.09. The van der Waals surface area contributed by atoms with Crippen LogP contribution >= 0.6 is 0 Å². The van der Waals surface area contributed by atoms with E-state index in [0.29, 0.717) is 0 Å². The second-order valence-corrected chi connectivity index (χ2v) is 3.75. The Morgan fingerprint density at radius 3 is 1.18 bits per heavy atom. The lowest BCUT2D eigenvalue weighted by molar-refractivity contribution is 0.406. The predicted molar refractivity (Wildman–Crippen MR) is 59.8 cm³/mol. The van der Waals surface area contributed by atoms with Gasteiger partial charge >= 0.3 is 0 Å². The van der Waals surface area contributed by atoms with Gasteiger partial charge < -0.3 is 0 Å². The second-order valence-electron chi connectivity index (χ2n) is 3.75. The molecule has 0 aliphatic heterocycles. The maximum absolute atomic E-state index is 13.8. The van der Waals surface area contributed by atoms with Crippen LogP contribution in [0.3, 0.4) is 0 Å². The van der Waals surface area contributed by atoms with Crippen LogP contribution in [0.5, 0.6) is 0 Å². The molecule has 22 heavy (non-hydrogen) atoms. The Morgan fingerprint density at radius 1 is 0.591 bits per heavy atom. The maximum atomic E-state index is 13.8. The second kappa shape index (κ2) is 5.33. The van der Waals surface area contributed by atoms with Crippen molar-refractivity contribution in [1.82, 2.24) is 0 Å². The number of nitriles is 2. The van der Waals surface area contributed by atoms with Gasteiger partial charge in [0.2, 0.25) is 12.4 Å². The number of hydrogen-bond donors (Lipinski definition) is 0. The van der Waals surface area contributed by atoms with Crippen molar-refractivity contribution < 1.29 is 26.3 Å². The average molecular weight is 314 g/mol. The van der Waals surface area contributed by atoms with Crippen LogP contribution in [-0.2, 0) is 0 Å². The lowest BCUT2D eigenvalue weighted by atomic mass is 9.90. The SMILES string of the molecule is N#C/N=C1C(F)=C(F)/C(=N\C#N)c2c(F)c(F)c(F)c(F)c2\1. The molecule has 1 aromatic rings. The summed E-state index contributed by atoms with van der Waals surface area (Å²) in [5.41, 5.74) is -5.43. The number of benzene rings is 1. The van der Waals surface area contributed by atoms with Crippen LogP contribution in [0, 0.1) is 46.2 Å². The Kier molecular flexibility index (Phi) is 3.70. The molecule has 0 heterocycles. The van der Waals surface area contributed by atoms with Crippen LogP contribution < -0.4 is 0 Å². The van der Waals surface area contributed by atoms with Crippen molar-refractivity contribution in [2.24, 2.45) is 9.98 Å². The van der Waals surface area contributed by atoms with Crippen LogP contribution in [0.15, 0.2) is 21.6 Å². The van der Waals surface area contributed by atoms with E-state index in [4.69, 9.17) is 10.5 Å². The van der Waals surface area contributed by atoms with E-state index < -0.39 is 57.5 Å². The summed E-state index contributed by atoms with van der Waals surface area (Å²) in [6.07, 6.45) is 1.99. The molecule has 0 bridgehead atoms. The summed E-state index contributed by atoms with van der Waals surface area (Å²) in [6, 6.07) is 0. The van der Waals surface area contributed by atoms with Crippen molar-refractivity contribution >= 4 is 11.4 Å². The standard InChI is InChI=1S/C12F6N4/c13-5-3-4(6(14)8(16)7(5)15)12(22-2-20)10(18)9(17)11(3)21-1-19/b21-11-,22-12-.